The van der Waals surface area contributed by atoms with Crippen molar-refractivity contribution < 1.29 is 4.79 Å². The van der Waals surface area contributed by atoms with Crippen LogP contribution in [0, 0.1) is 6.92 Å². The van der Waals surface area contributed by atoms with Gasteiger partial charge in [-0.15, -0.1) is 11.3 Å². The molecule has 0 bridgehead atoms. The number of hydrogen-bond donors (Lipinski definition) is 0. The fourth-order valence-corrected chi connectivity index (χ4v) is 2.11. The van der Waals surface area contributed by atoms with Gasteiger partial charge < -0.3 is 0 Å². The van der Waals surface area contributed by atoms with E-state index < -0.39 is 0 Å². The van der Waals surface area contributed by atoms with Gasteiger partial charge in [0.05, 0.1) is 0 Å². The van der Waals surface area contributed by atoms with Gasteiger partial charge in [0.1, 0.15) is 0 Å². The van der Waals surface area contributed by atoms with Crippen LogP contribution in [0.2, 0.25) is 0 Å². The Morgan fingerprint density at radius 3 is 2.92 bits per heavy atom. The summed E-state index contributed by atoms with van der Waals surface area (Å²) in [5.41, 5.74) is 0. The van der Waals surface area contributed by atoms with Crippen LogP contribution >= 0.6 is 23.1 Å². The van der Waals surface area contributed by atoms with Gasteiger partial charge in [-0.05, 0) is 37.0 Å². The van der Waals surface area contributed by atoms with E-state index in [0.29, 0.717) is 0 Å². The summed E-state index contributed by atoms with van der Waals surface area (Å²) in [4.78, 5) is 13.5. The zero-order valence-electron chi connectivity index (χ0n) is 7.74. The molecule has 1 heterocycles. The van der Waals surface area contributed by atoms with Crippen LogP contribution in [0.1, 0.15) is 16.7 Å². The largest absolute Gasteiger partial charge is 0.282 e. The van der Waals surface area contributed by atoms with Gasteiger partial charge >= 0.3 is 0 Å². The Hall–Kier alpha value is -0.540. The van der Waals surface area contributed by atoms with Crippen molar-refractivity contribution in [1.82, 2.24) is 0 Å². The minimum atomic E-state index is 0.133. The summed E-state index contributed by atoms with van der Waals surface area (Å²) >= 11 is 3.04. The normalized spacial score (nSPS) is 10.9. The molecule has 0 spiro atoms. The minimum Gasteiger partial charge on any atom is -0.282 e. The number of carbonyl (C=O) groups excluding carboxylic acids is 1. The lowest BCUT2D eigenvalue weighted by atomic mass is 10.4. The molecule has 0 unspecified atom stereocenters. The topological polar surface area (TPSA) is 17.1 Å². The van der Waals surface area contributed by atoms with E-state index in [1.807, 2.05) is 19.1 Å². The van der Waals surface area contributed by atoms with E-state index in [4.69, 9.17) is 0 Å². The third-order valence-corrected chi connectivity index (χ3v) is 3.11. The molecule has 0 saturated carbocycles. The Kier molecular flexibility index (Phi) is 4.25. The molecular formula is C10H12OS2. The van der Waals surface area contributed by atoms with E-state index in [1.54, 1.807) is 17.4 Å². The first kappa shape index (κ1) is 10.5. The summed E-state index contributed by atoms with van der Waals surface area (Å²) in [6.45, 7) is 4.04. The Morgan fingerprint density at radius 1 is 1.62 bits per heavy atom. The highest BCUT2D eigenvalue weighted by Crippen LogP contribution is 2.17. The summed E-state index contributed by atoms with van der Waals surface area (Å²) in [6.07, 6.45) is 3.52. The molecule has 0 atom stereocenters. The first-order valence-electron chi connectivity index (χ1n) is 4.13. The lowest BCUT2D eigenvalue weighted by molar-refractivity contribution is -0.106. The van der Waals surface area contributed by atoms with Crippen molar-refractivity contribution in [1.29, 1.82) is 0 Å². The maximum Gasteiger partial charge on any atom is 0.212 e. The number of aryl methyl sites for hydroxylation is 1. The van der Waals surface area contributed by atoms with E-state index in [0.717, 1.165) is 10.6 Å². The molecule has 1 rings (SSSR count). The average molecular weight is 212 g/mol. The lowest BCUT2D eigenvalue weighted by Gasteiger charge is -1.87. The van der Waals surface area contributed by atoms with E-state index in [2.05, 4.69) is 13.0 Å². The maximum atomic E-state index is 11.1. The molecule has 0 aromatic carbocycles. The molecule has 1 aromatic rings. The molecule has 0 saturated heterocycles. The van der Waals surface area contributed by atoms with Crippen LogP contribution in [0.3, 0.4) is 0 Å². The monoisotopic (exact) mass is 212 g/mol. The van der Waals surface area contributed by atoms with Crippen LogP contribution in [0.25, 0.3) is 6.08 Å². The second-order valence-electron chi connectivity index (χ2n) is 2.53. The van der Waals surface area contributed by atoms with Crippen molar-refractivity contribution in [3.05, 3.63) is 28.0 Å². The molecule has 0 aliphatic rings. The average Bonchev–Trinajstić information content (AvgIpc) is 2.49. The number of thiophene rings is 1. The van der Waals surface area contributed by atoms with Crippen LogP contribution < -0.4 is 0 Å². The van der Waals surface area contributed by atoms with Gasteiger partial charge in [-0.1, -0.05) is 18.7 Å². The standard InChI is InChI=1S/C10H12OS2/c1-3-12-10(11)7-6-9-5-4-8(2)13-9/h4-7H,3H2,1-2H3/b7-6+. The molecule has 0 fully saturated rings. The van der Waals surface area contributed by atoms with Crippen molar-refractivity contribution in [2.24, 2.45) is 0 Å². The van der Waals surface area contributed by atoms with Crippen molar-refractivity contribution in [2.75, 3.05) is 5.75 Å². The van der Waals surface area contributed by atoms with Crippen LogP contribution in [-0.2, 0) is 4.79 Å². The third kappa shape index (κ3) is 3.79. The van der Waals surface area contributed by atoms with Crippen LogP contribution in [-0.4, -0.2) is 10.9 Å². The Labute approximate surface area is 86.9 Å². The van der Waals surface area contributed by atoms with E-state index >= 15 is 0 Å². The smallest absolute Gasteiger partial charge is 0.212 e. The number of carbonyl (C=O) groups is 1. The lowest BCUT2D eigenvalue weighted by Crippen LogP contribution is -1.83. The fourth-order valence-electron chi connectivity index (χ4n) is 0.884. The first-order valence-corrected chi connectivity index (χ1v) is 5.94. The van der Waals surface area contributed by atoms with Gasteiger partial charge in [-0.3, -0.25) is 4.79 Å². The summed E-state index contributed by atoms with van der Waals surface area (Å²) in [6, 6.07) is 4.09. The van der Waals surface area contributed by atoms with Crippen molar-refractivity contribution >= 4 is 34.3 Å². The zero-order chi connectivity index (χ0) is 9.68. The Bertz CT molecular complexity index is 312. The van der Waals surface area contributed by atoms with E-state index in [-0.39, 0.29) is 5.12 Å². The zero-order valence-corrected chi connectivity index (χ0v) is 9.37. The van der Waals surface area contributed by atoms with E-state index in [9.17, 15) is 4.79 Å². The highest BCUT2D eigenvalue weighted by atomic mass is 32.2. The molecule has 0 N–H and O–H groups in total. The van der Waals surface area contributed by atoms with Crippen LogP contribution in [0.4, 0.5) is 0 Å². The molecule has 0 amide bonds. The van der Waals surface area contributed by atoms with Gasteiger partial charge in [0, 0.05) is 9.75 Å². The molecule has 70 valence electrons. The molecule has 3 heteroatoms. The van der Waals surface area contributed by atoms with Crippen molar-refractivity contribution in [2.45, 2.75) is 13.8 Å². The summed E-state index contributed by atoms with van der Waals surface area (Å²) in [5, 5.41) is 0.133. The van der Waals surface area contributed by atoms with Crippen LogP contribution in [0.15, 0.2) is 18.2 Å². The van der Waals surface area contributed by atoms with Gasteiger partial charge in [0.25, 0.3) is 0 Å². The molecule has 0 radical (unpaired) electrons. The van der Waals surface area contributed by atoms with Gasteiger partial charge in [0.2, 0.25) is 5.12 Å². The molecule has 0 aliphatic heterocycles. The highest BCUT2D eigenvalue weighted by Gasteiger charge is 1.95. The fraction of sp³-hybridized carbons (Fsp3) is 0.300. The highest BCUT2D eigenvalue weighted by molar-refractivity contribution is 8.14. The molecule has 1 nitrogen and oxygen atoms in total. The third-order valence-electron chi connectivity index (χ3n) is 1.43. The Morgan fingerprint density at radius 2 is 2.38 bits per heavy atom. The van der Waals surface area contributed by atoms with Gasteiger partial charge in [-0.2, -0.15) is 0 Å². The maximum absolute atomic E-state index is 11.1. The molecule has 1 aromatic heterocycles. The van der Waals surface area contributed by atoms with Gasteiger partial charge in [0.15, 0.2) is 0 Å². The number of hydrogen-bond acceptors (Lipinski definition) is 3. The minimum absolute atomic E-state index is 0.133. The molecule has 0 aliphatic carbocycles. The van der Waals surface area contributed by atoms with Crippen molar-refractivity contribution in [3.8, 4) is 0 Å². The van der Waals surface area contributed by atoms with E-state index in [1.165, 1.54) is 16.6 Å². The predicted molar refractivity (Wildman–Crippen MR) is 61.2 cm³/mol. The quantitative estimate of drug-likeness (QED) is 0.715. The van der Waals surface area contributed by atoms with Crippen molar-refractivity contribution in [3.63, 3.8) is 0 Å². The number of rotatable bonds is 3. The Balaban J connectivity index is 2.53. The second kappa shape index (κ2) is 5.25. The first-order chi connectivity index (χ1) is 6.22. The predicted octanol–water partition coefficient (Wildman–Crippen LogP) is 3.35. The summed E-state index contributed by atoms with van der Waals surface area (Å²) in [7, 11) is 0. The molecule has 13 heavy (non-hydrogen) atoms. The SMILES string of the molecule is CCSC(=O)/C=C/c1ccc(C)s1. The van der Waals surface area contributed by atoms with Gasteiger partial charge in [-0.25, -0.2) is 0 Å². The number of thioether (sulfide) groups is 1. The summed E-state index contributed by atoms with van der Waals surface area (Å²) in [5.74, 6) is 0.840. The summed E-state index contributed by atoms with van der Waals surface area (Å²) < 4.78 is 0. The molecular weight excluding hydrogens is 200 g/mol. The van der Waals surface area contributed by atoms with Crippen LogP contribution in [0.5, 0.6) is 0 Å². The second-order valence-corrected chi connectivity index (χ2v) is 5.12.